The Morgan fingerprint density at radius 2 is 2.06 bits per heavy atom. The molecule has 1 aliphatic heterocycles. The Bertz CT molecular complexity index is 217. The zero-order valence-corrected chi connectivity index (χ0v) is 11.2. The minimum Gasteiger partial charge on any atom is -0.311 e. The van der Waals surface area contributed by atoms with Crippen LogP contribution in [0.5, 0.6) is 0 Å². The van der Waals surface area contributed by atoms with Crippen molar-refractivity contribution in [1.82, 2.24) is 10.2 Å². The van der Waals surface area contributed by atoms with Gasteiger partial charge in [0.1, 0.15) is 0 Å². The van der Waals surface area contributed by atoms with E-state index in [4.69, 9.17) is 0 Å². The first-order valence-electron chi connectivity index (χ1n) is 7.19. The maximum atomic E-state index is 3.62. The molecule has 0 bridgehead atoms. The summed E-state index contributed by atoms with van der Waals surface area (Å²) in [6.45, 7) is 10.9. The molecule has 0 radical (unpaired) electrons. The molecular weight excluding hydrogens is 196 g/mol. The summed E-state index contributed by atoms with van der Waals surface area (Å²) in [6, 6.07) is 1.60. The molecule has 1 heterocycles. The smallest absolute Gasteiger partial charge is 0.0193 e. The van der Waals surface area contributed by atoms with Gasteiger partial charge in [-0.05, 0) is 24.7 Å². The third-order valence-corrected chi connectivity index (χ3v) is 4.91. The SMILES string of the molecule is CCC1CN(C2CCCC(C)C2C)CCN1. The number of hydrogen-bond donors (Lipinski definition) is 1. The van der Waals surface area contributed by atoms with E-state index < -0.39 is 0 Å². The van der Waals surface area contributed by atoms with Gasteiger partial charge in [-0.15, -0.1) is 0 Å². The van der Waals surface area contributed by atoms with Crippen molar-refractivity contribution >= 4 is 0 Å². The van der Waals surface area contributed by atoms with Gasteiger partial charge in [0.2, 0.25) is 0 Å². The van der Waals surface area contributed by atoms with Gasteiger partial charge in [-0.2, -0.15) is 0 Å². The van der Waals surface area contributed by atoms with Gasteiger partial charge in [0, 0.05) is 31.7 Å². The van der Waals surface area contributed by atoms with Gasteiger partial charge in [-0.3, -0.25) is 4.90 Å². The highest BCUT2D eigenvalue weighted by Gasteiger charge is 2.33. The number of rotatable bonds is 2. The molecule has 16 heavy (non-hydrogen) atoms. The molecule has 94 valence electrons. The lowest BCUT2D eigenvalue weighted by Gasteiger charge is -2.45. The molecule has 0 aromatic heterocycles. The molecule has 1 saturated heterocycles. The second kappa shape index (κ2) is 5.50. The van der Waals surface area contributed by atoms with Crippen molar-refractivity contribution in [2.24, 2.45) is 11.8 Å². The summed E-state index contributed by atoms with van der Waals surface area (Å²) in [5.41, 5.74) is 0. The van der Waals surface area contributed by atoms with Gasteiger partial charge in [0.25, 0.3) is 0 Å². The number of piperazine rings is 1. The van der Waals surface area contributed by atoms with Crippen LogP contribution in [-0.4, -0.2) is 36.6 Å². The van der Waals surface area contributed by atoms with Crippen molar-refractivity contribution in [3.63, 3.8) is 0 Å². The van der Waals surface area contributed by atoms with E-state index in [1.165, 1.54) is 45.3 Å². The fraction of sp³-hybridized carbons (Fsp3) is 1.00. The average molecular weight is 224 g/mol. The highest BCUT2D eigenvalue weighted by atomic mass is 15.2. The summed E-state index contributed by atoms with van der Waals surface area (Å²) in [7, 11) is 0. The first kappa shape index (κ1) is 12.4. The van der Waals surface area contributed by atoms with Gasteiger partial charge >= 0.3 is 0 Å². The van der Waals surface area contributed by atoms with Crippen molar-refractivity contribution in [3.8, 4) is 0 Å². The standard InChI is InChI=1S/C14H28N2/c1-4-13-10-16(9-8-15-13)14-7-5-6-11(2)12(14)3/h11-15H,4-10H2,1-3H3. The largest absolute Gasteiger partial charge is 0.311 e. The van der Waals surface area contributed by atoms with Crippen LogP contribution in [-0.2, 0) is 0 Å². The number of nitrogens with zero attached hydrogens (tertiary/aromatic N) is 1. The van der Waals surface area contributed by atoms with E-state index in [0.29, 0.717) is 0 Å². The molecule has 4 atom stereocenters. The van der Waals surface area contributed by atoms with E-state index in [1.54, 1.807) is 0 Å². The third-order valence-electron chi connectivity index (χ3n) is 4.91. The Hall–Kier alpha value is -0.0800. The molecule has 2 fully saturated rings. The van der Waals surface area contributed by atoms with E-state index >= 15 is 0 Å². The summed E-state index contributed by atoms with van der Waals surface area (Å²) in [6.07, 6.45) is 5.59. The quantitative estimate of drug-likeness (QED) is 0.775. The van der Waals surface area contributed by atoms with E-state index in [-0.39, 0.29) is 0 Å². The molecule has 2 heteroatoms. The van der Waals surface area contributed by atoms with Gasteiger partial charge < -0.3 is 5.32 Å². The number of nitrogens with one attached hydrogen (secondary N) is 1. The molecule has 2 aliphatic rings. The monoisotopic (exact) mass is 224 g/mol. The van der Waals surface area contributed by atoms with Crippen molar-refractivity contribution in [3.05, 3.63) is 0 Å². The van der Waals surface area contributed by atoms with Crippen molar-refractivity contribution in [2.45, 2.75) is 58.5 Å². The van der Waals surface area contributed by atoms with Gasteiger partial charge in [0.15, 0.2) is 0 Å². The fourth-order valence-corrected chi connectivity index (χ4v) is 3.49. The van der Waals surface area contributed by atoms with Crippen molar-refractivity contribution in [1.29, 1.82) is 0 Å². The predicted molar refractivity (Wildman–Crippen MR) is 69.6 cm³/mol. The Kier molecular flexibility index (Phi) is 4.26. The van der Waals surface area contributed by atoms with Gasteiger partial charge in [-0.25, -0.2) is 0 Å². The molecule has 0 amide bonds. The minimum absolute atomic E-state index is 0.734. The topological polar surface area (TPSA) is 15.3 Å². The van der Waals surface area contributed by atoms with Crippen LogP contribution in [0.3, 0.4) is 0 Å². The van der Waals surface area contributed by atoms with Gasteiger partial charge in [-0.1, -0.05) is 33.6 Å². The Labute approximate surface area is 101 Å². The van der Waals surface area contributed by atoms with E-state index in [9.17, 15) is 0 Å². The molecule has 0 aromatic rings. The molecule has 1 saturated carbocycles. The van der Waals surface area contributed by atoms with Crippen LogP contribution in [0.15, 0.2) is 0 Å². The molecular formula is C14H28N2. The van der Waals surface area contributed by atoms with Crippen LogP contribution in [0.4, 0.5) is 0 Å². The highest BCUT2D eigenvalue weighted by Crippen LogP contribution is 2.33. The first-order chi connectivity index (χ1) is 7.72. The molecule has 0 aromatic carbocycles. The lowest BCUT2D eigenvalue weighted by atomic mass is 9.77. The van der Waals surface area contributed by atoms with Crippen molar-refractivity contribution < 1.29 is 0 Å². The third kappa shape index (κ3) is 2.60. The normalized spacial score (nSPS) is 42.2. The van der Waals surface area contributed by atoms with E-state index in [2.05, 4.69) is 31.0 Å². The predicted octanol–water partition coefficient (Wildman–Crippen LogP) is 2.49. The maximum absolute atomic E-state index is 3.62. The van der Waals surface area contributed by atoms with Crippen molar-refractivity contribution in [2.75, 3.05) is 19.6 Å². The average Bonchev–Trinajstić information content (AvgIpc) is 2.33. The fourth-order valence-electron chi connectivity index (χ4n) is 3.49. The molecule has 1 aliphatic carbocycles. The molecule has 0 spiro atoms. The lowest BCUT2D eigenvalue weighted by molar-refractivity contribution is 0.0569. The highest BCUT2D eigenvalue weighted by molar-refractivity contribution is 4.88. The zero-order valence-electron chi connectivity index (χ0n) is 11.2. The molecule has 2 rings (SSSR count). The van der Waals surface area contributed by atoms with Crippen LogP contribution in [0.25, 0.3) is 0 Å². The summed E-state index contributed by atoms with van der Waals surface area (Å²) in [4.78, 5) is 2.77. The lowest BCUT2D eigenvalue weighted by Crippen LogP contribution is -2.56. The maximum Gasteiger partial charge on any atom is 0.0193 e. The summed E-state index contributed by atoms with van der Waals surface area (Å²) >= 11 is 0. The second-order valence-corrected chi connectivity index (χ2v) is 5.89. The van der Waals surface area contributed by atoms with Gasteiger partial charge in [0.05, 0.1) is 0 Å². The summed E-state index contributed by atoms with van der Waals surface area (Å²) < 4.78 is 0. The van der Waals surface area contributed by atoms with Crippen LogP contribution < -0.4 is 5.32 Å². The molecule has 4 unspecified atom stereocenters. The Morgan fingerprint density at radius 3 is 2.81 bits per heavy atom. The van der Waals surface area contributed by atoms with Crippen LogP contribution in [0, 0.1) is 11.8 Å². The van der Waals surface area contributed by atoms with Crippen LogP contribution in [0.2, 0.25) is 0 Å². The zero-order chi connectivity index (χ0) is 11.5. The Balaban J connectivity index is 1.94. The second-order valence-electron chi connectivity index (χ2n) is 5.89. The Morgan fingerprint density at radius 1 is 1.25 bits per heavy atom. The molecule has 2 nitrogen and oxygen atoms in total. The van der Waals surface area contributed by atoms with E-state index in [0.717, 1.165) is 23.9 Å². The summed E-state index contributed by atoms with van der Waals surface area (Å²) in [5, 5.41) is 3.62. The minimum atomic E-state index is 0.734. The van der Waals surface area contributed by atoms with Crippen LogP contribution in [0.1, 0.15) is 46.5 Å². The first-order valence-corrected chi connectivity index (χ1v) is 7.19. The summed E-state index contributed by atoms with van der Waals surface area (Å²) in [5.74, 6) is 1.82. The number of hydrogen-bond acceptors (Lipinski definition) is 2. The molecule has 1 N–H and O–H groups in total. The van der Waals surface area contributed by atoms with Crippen LogP contribution >= 0.6 is 0 Å². The van der Waals surface area contributed by atoms with E-state index in [1.807, 2.05) is 0 Å².